The van der Waals surface area contributed by atoms with Crippen LogP contribution >= 0.6 is 0 Å². The monoisotopic (exact) mass is 155 g/mol. The van der Waals surface area contributed by atoms with Gasteiger partial charge in [-0.2, -0.15) is 0 Å². The molecule has 0 radical (unpaired) electrons. The van der Waals surface area contributed by atoms with Crippen LogP contribution in [0.2, 0.25) is 0 Å². The van der Waals surface area contributed by atoms with Gasteiger partial charge >= 0.3 is 6.08 Å². The fourth-order valence-electron chi connectivity index (χ4n) is 1.68. The summed E-state index contributed by atoms with van der Waals surface area (Å²) < 4.78 is 10.6. The van der Waals surface area contributed by atoms with E-state index in [9.17, 15) is 0 Å². The van der Waals surface area contributed by atoms with Gasteiger partial charge in [0, 0.05) is 0 Å². The third kappa shape index (κ3) is 1.19. The molecular weight excluding hydrogens is 142 g/mol. The van der Waals surface area contributed by atoms with Crippen molar-refractivity contribution in [1.82, 2.24) is 0 Å². The van der Waals surface area contributed by atoms with Crippen molar-refractivity contribution in [1.29, 1.82) is 0 Å². The number of aliphatic imine (C=N–C) groups is 1. The van der Waals surface area contributed by atoms with Crippen molar-refractivity contribution in [3.8, 4) is 0 Å². The second-order valence-electron chi connectivity index (χ2n) is 2.98. The molecule has 0 saturated heterocycles. The average molecular weight is 155 g/mol. The molecule has 1 fully saturated rings. The van der Waals surface area contributed by atoms with Crippen molar-refractivity contribution < 1.29 is 9.47 Å². The number of hydrogen-bond acceptors (Lipinski definition) is 3. The maximum atomic E-state index is 5.45. The van der Waals surface area contributed by atoms with E-state index in [0.29, 0.717) is 24.8 Å². The number of fused-ring (bicyclic) bond motifs is 1. The zero-order chi connectivity index (χ0) is 7.68. The van der Waals surface area contributed by atoms with Gasteiger partial charge in [-0.25, -0.2) is 4.99 Å². The first kappa shape index (κ1) is 6.95. The van der Waals surface area contributed by atoms with E-state index in [0.717, 1.165) is 6.42 Å². The number of hydrogen-bond donors (Lipinski definition) is 0. The normalized spacial score (nSPS) is 34.5. The molecule has 0 amide bonds. The van der Waals surface area contributed by atoms with Gasteiger partial charge < -0.3 is 9.47 Å². The summed E-state index contributed by atoms with van der Waals surface area (Å²) in [6, 6.07) is 0.400. The van der Waals surface area contributed by atoms with Crippen LogP contribution in [0.1, 0.15) is 26.2 Å². The van der Waals surface area contributed by atoms with Crippen LogP contribution in [0.4, 0.5) is 0 Å². The molecular formula is C8H13NO2. The number of ether oxygens (including phenoxy) is 2. The van der Waals surface area contributed by atoms with E-state index in [1.54, 1.807) is 0 Å². The van der Waals surface area contributed by atoms with Crippen LogP contribution in [-0.4, -0.2) is 24.8 Å². The molecule has 62 valence electrons. The molecule has 0 spiro atoms. The molecule has 2 aliphatic rings. The third-order valence-corrected chi connectivity index (χ3v) is 2.21. The fraction of sp³-hybridized carbons (Fsp3) is 0.875. The van der Waals surface area contributed by atoms with E-state index in [1.165, 1.54) is 12.8 Å². The molecule has 0 bridgehead atoms. The Balaban J connectivity index is 1.96. The topological polar surface area (TPSA) is 30.8 Å². The molecule has 0 aromatic carbocycles. The summed E-state index contributed by atoms with van der Waals surface area (Å²) in [6.07, 6.45) is 4.41. The Hall–Kier alpha value is -0.730. The van der Waals surface area contributed by atoms with E-state index in [2.05, 4.69) is 4.99 Å². The first-order chi connectivity index (χ1) is 5.40. The Bertz CT molecular complexity index is 179. The zero-order valence-corrected chi connectivity index (χ0v) is 6.75. The molecule has 1 aliphatic heterocycles. The van der Waals surface area contributed by atoms with E-state index < -0.39 is 0 Å². The third-order valence-electron chi connectivity index (χ3n) is 2.21. The highest BCUT2D eigenvalue weighted by atomic mass is 16.7. The van der Waals surface area contributed by atoms with Crippen molar-refractivity contribution in [2.24, 2.45) is 4.99 Å². The van der Waals surface area contributed by atoms with Gasteiger partial charge in [0.15, 0.2) is 0 Å². The minimum absolute atomic E-state index is 0.330. The smallest absolute Gasteiger partial charge is 0.384 e. The Morgan fingerprint density at radius 1 is 1.64 bits per heavy atom. The van der Waals surface area contributed by atoms with Gasteiger partial charge in [0.25, 0.3) is 0 Å². The summed E-state index contributed by atoms with van der Waals surface area (Å²) >= 11 is 0. The van der Waals surface area contributed by atoms with E-state index in [-0.39, 0.29) is 0 Å². The largest absolute Gasteiger partial charge is 0.451 e. The Morgan fingerprint density at radius 3 is 3.27 bits per heavy atom. The van der Waals surface area contributed by atoms with Crippen molar-refractivity contribution in [3.63, 3.8) is 0 Å². The molecule has 11 heavy (non-hydrogen) atoms. The molecule has 0 N–H and O–H groups in total. The van der Waals surface area contributed by atoms with Crippen LogP contribution in [-0.2, 0) is 9.47 Å². The molecule has 1 aliphatic carbocycles. The highest BCUT2D eigenvalue weighted by Crippen LogP contribution is 2.29. The molecule has 1 saturated carbocycles. The number of nitrogens with zero attached hydrogens (tertiary/aromatic N) is 1. The highest BCUT2D eigenvalue weighted by Gasteiger charge is 2.35. The molecule has 2 atom stereocenters. The first-order valence-corrected chi connectivity index (χ1v) is 4.27. The molecule has 1 heterocycles. The summed E-state index contributed by atoms with van der Waals surface area (Å²) in [4.78, 5) is 4.31. The van der Waals surface area contributed by atoms with Gasteiger partial charge in [-0.05, 0) is 26.2 Å². The van der Waals surface area contributed by atoms with Crippen molar-refractivity contribution in [2.75, 3.05) is 6.61 Å². The van der Waals surface area contributed by atoms with Crippen LogP contribution in [0.15, 0.2) is 4.99 Å². The van der Waals surface area contributed by atoms with Crippen LogP contribution in [0, 0.1) is 0 Å². The molecule has 0 aromatic heterocycles. The van der Waals surface area contributed by atoms with Gasteiger partial charge in [0.1, 0.15) is 6.10 Å². The molecule has 3 heteroatoms. The Kier molecular flexibility index (Phi) is 1.72. The summed E-state index contributed by atoms with van der Waals surface area (Å²) in [6.45, 7) is 2.60. The lowest BCUT2D eigenvalue weighted by atomic mass is 10.2. The second-order valence-corrected chi connectivity index (χ2v) is 2.98. The predicted molar refractivity (Wildman–Crippen MR) is 41.6 cm³/mol. The fourth-order valence-corrected chi connectivity index (χ4v) is 1.68. The zero-order valence-electron chi connectivity index (χ0n) is 6.75. The van der Waals surface area contributed by atoms with Crippen molar-refractivity contribution >= 4 is 6.08 Å². The van der Waals surface area contributed by atoms with E-state index in [4.69, 9.17) is 9.47 Å². The summed E-state index contributed by atoms with van der Waals surface area (Å²) in [5.41, 5.74) is 0. The predicted octanol–water partition coefficient (Wildman–Crippen LogP) is 1.33. The lowest BCUT2D eigenvalue weighted by molar-refractivity contribution is 0.137. The summed E-state index contributed by atoms with van der Waals surface area (Å²) in [5.74, 6) is 0. The summed E-state index contributed by atoms with van der Waals surface area (Å²) in [7, 11) is 0. The molecule has 2 rings (SSSR count). The van der Waals surface area contributed by atoms with E-state index in [1.807, 2.05) is 6.92 Å². The number of rotatable bonds is 1. The summed E-state index contributed by atoms with van der Waals surface area (Å²) in [5, 5.41) is 0. The van der Waals surface area contributed by atoms with Gasteiger partial charge in [-0.15, -0.1) is 0 Å². The van der Waals surface area contributed by atoms with Crippen LogP contribution < -0.4 is 0 Å². The average Bonchev–Trinajstić information content (AvgIpc) is 2.46. The lowest BCUT2D eigenvalue weighted by Gasteiger charge is -2.07. The van der Waals surface area contributed by atoms with Crippen LogP contribution in [0.25, 0.3) is 0 Å². The van der Waals surface area contributed by atoms with Gasteiger partial charge in [-0.3, -0.25) is 0 Å². The second kappa shape index (κ2) is 2.72. The van der Waals surface area contributed by atoms with Gasteiger partial charge in [0.05, 0.1) is 12.6 Å². The SMILES string of the molecule is CCOC1=N[C@H]2CCC[C@H]2O1. The van der Waals surface area contributed by atoms with Crippen molar-refractivity contribution in [3.05, 3.63) is 0 Å². The maximum absolute atomic E-state index is 5.45. The molecule has 3 nitrogen and oxygen atoms in total. The van der Waals surface area contributed by atoms with Gasteiger partial charge in [0.2, 0.25) is 0 Å². The van der Waals surface area contributed by atoms with Crippen LogP contribution in [0.5, 0.6) is 0 Å². The lowest BCUT2D eigenvalue weighted by Crippen LogP contribution is -2.15. The van der Waals surface area contributed by atoms with Gasteiger partial charge in [-0.1, -0.05) is 0 Å². The highest BCUT2D eigenvalue weighted by molar-refractivity contribution is 5.69. The first-order valence-electron chi connectivity index (χ1n) is 4.27. The Morgan fingerprint density at radius 2 is 2.55 bits per heavy atom. The van der Waals surface area contributed by atoms with E-state index >= 15 is 0 Å². The van der Waals surface area contributed by atoms with Crippen molar-refractivity contribution in [2.45, 2.75) is 38.3 Å². The van der Waals surface area contributed by atoms with Crippen LogP contribution in [0.3, 0.4) is 0 Å². The standard InChI is InChI=1S/C8H13NO2/c1-2-10-8-9-6-4-3-5-7(6)11-8/h6-7H,2-5H2,1H3/t6-,7+/m0/s1. The maximum Gasteiger partial charge on any atom is 0.384 e. The molecule has 0 aromatic rings. The molecule has 0 unspecified atom stereocenters. The quantitative estimate of drug-likeness (QED) is 0.572. The minimum Gasteiger partial charge on any atom is -0.451 e. The minimum atomic E-state index is 0.330. The Labute approximate surface area is 66.4 Å².